The van der Waals surface area contributed by atoms with E-state index < -0.39 is 6.10 Å². The van der Waals surface area contributed by atoms with Gasteiger partial charge in [0.05, 0.1) is 0 Å². The molecule has 0 saturated heterocycles. The fourth-order valence-electron chi connectivity index (χ4n) is 4.06. The molecule has 0 amide bonds. The highest BCUT2D eigenvalue weighted by Gasteiger charge is 2.33. The quantitative estimate of drug-likeness (QED) is 0.867. The molecule has 2 saturated carbocycles. The van der Waals surface area contributed by atoms with Gasteiger partial charge in [0, 0.05) is 6.04 Å². The van der Waals surface area contributed by atoms with E-state index >= 15 is 0 Å². The summed E-state index contributed by atoms with van der Waals surface area (Å²) in [4.78, 5) is 0. The molecule has 0 bridgehead atoms. The fourth-order valence-corrected chi connectivity index (χ4v) is 4.06. The Labute approximate surface area is 140 Å². The minimum atomic E-state index is -0.409. The van der Waals surface area contributed by atoms with E-state index in [1.54, 1.807) is 0 Å². The molecule has 1 aromatic rings. The summed E-state index contributed by atoms with van der Waals surface area (Å²) in [7, 11) is 0. The van der Waals surface area contributed by atoms with Gasteiger partial charge in [-0.2, -0.15) is 0 Å². The van der Waals surface area contributed by atoms with Gasteiger partial charge >= 0.3 is 0 Å². The number of rotatable bonds is 5. The smallest absolute Gasteiger partial charge is 0.126 e. The summed E-state index contributed by atoms with van der Waals surface area (Å²) in [6.07, 6.45) is 9.46. The lowest BCUT2D eigenvalue weighted by molar-refractivity contribution is -0.0164. The lowest BCUT2D eigenvalue weighted by Gasteiger charge is -2.36. The zero-order valence-corrected chi connectivity index (χ0v) is 14.3. The van der Waals surface area contributed by atoms with E-state index in [1.165, 1.54) is 37.7 Å². The van der Waals surface area contributed by atoms with Crippen LogP contribution in [0.2, 0.25) is 0 Å². The third-order valence-corrected chi connectivity index (χ3v) is 5.47. The van der Waals surface area contributed by atoms with Crippen molar-refractivity contribution in [2.45, 2.75) is 76.5 Å². The van der Waals surface area contributed by atoms with Gasteiger partial charge in [0.25, 0.3) is 0 Å². The average molecular weight is 317 g/mol. The molecule has 2 aliphatic rings. The maximum Gasteiger partial charge on any atom is 0.126 e. The van der Waals surface area contributed by atoms with Crippen molar-refractivity contribution in [1.82, 2.24) is 5.32 Å². The van der Waals surface area contributed by atoms with E-state index in [0.29, 0.717) is 0 Å². The molecule has 3 rings (SSSR count). The minimum Gasteiger partial charge on any atom is -0.488 e. The predicted molar refractivity (Wildman–Crippen MR) is 93.8 cm³/mol. The van der Waals surface area contributed by atoms with Crippen LogP contribution in [-0.2, 0) is 0 Å². The molecule has 23 heavy (non-hydrogen) atoms. The number of aliphatic hydroxyl groups excluding tert-OH is 1. The highest BCUT2D eigenvalue weighted by atomic mass is 16.5. The monoisotopic (exact) mass is 317 g/mol. The molecular formula is C20H31NO2. The van der Waals surface area contributed by atoms with E-state index in [0.717, 1.165) is 37.5 Å². The van der Waals surface area contributed by atoms with Crippen molar-refractivity contribution in [3.05, 3.63) is 29.8 Å². The number of nitrogens with one attached hydrogen (secondary N) is 1. The number of hydrogen-bond donors (Lipinski definition) is 2. The van der Waals surface area contributed by atoms with Crippen LogP contribution in [-0.4, -0.2) is 29.9 Å². The van der Waals surface area contributed by atoms with Crippen LogP contribution in [0.1, 0.15) is 56.9 Å². The lowest BCUT2D eigenvalue weighted by atomic mass is 9.87. The molecule has 0 aliphatic heterocycles. The first-order chi connectivity index (χ1) is 11.2. The second kappa shape index (κ2) is 8.16. The Morgan fingerprint density at radius 3 is 2.70 bits per heavy atom. The van der Waals surface area contributed by atoms with E-state index in [9.17, 15) is 5.11 Å². The number of aryl methyl sites for hydroxylation is 1. The van der Waals surface area contributed by atoms with Gasteiger partial charge in [0.2, 0.25) is 0 Å². The molecule has 0 heterocycles. The molecule has 2 fully saturated rings. The van der Waals surface area contributed by atoms with Gasteiger partial charge in [0.1, 0.15) is 18.0 Å². The number of aliphatic hydroxyl groups is 1. The molecule has 2 aliphatic carbocycles. The van der Waals surface area contributed by atoms with Crippen LogP contribution in [0.15, 0.2) is 24.3 Å². The SMILES string of the molecule is Cc1cccc(O[C@@H]2CCC[C@H](NCC3CCCCC3)[C@H]2O)c1. The highest BCUT2D eigenvalue weighted by Crippen LogP contribution is 2.27. The Morgan fingerprint density at radius 2 is 1.91 bits per heavy atom. The third-order valence-electron chi connectivity index (χ3n) is 5.47. The zero-order valence-electron chi connectivity index (χ0n) is 14.3. The van der Waals surface area contributed by atoms with E-state index in [4.69, 9.17) is 4.74 Å². The summed E-state index contributed by atoms with van der Waals surface area (Å²) < 4.78 is 6.08. The van der Waals surface area contributed by atoms with Gasteiger partial charge < -0.3 is 15.2 Å². The lowest BCUT2D eigenvalue weighted by Crippen LogP contribution is -2.52. The molecule has 1 aromatic carbocycles. The second-order valence-electron chi connectivity index (χ2n) is 7.41. The van der Waals surface area contributed by atoms with Crippen molar-refractivity contribution in [3.63, 3.8) is 0 Å². The molecule has 3 atom stereocenters. The standard InChI is InChI=1S/C20H31NO2/c1-15-7-5-10-17(13-15)23-19-12-6-11-18(20(19)22)21-14-16-8-3-2-4-9-16/h5,7,10,13,16,18-22H,2-4,6,8-9,11-12,14H2,1H3/t18-,19+,20+/m0/s1. The van der Waals surface area contributed by atoms with Crippen molar-refractivity contribution in [2.75, 3.05) is 6.54 Å². The fraction of sp³-hybridized carbons (Fsp3) is 0.700. The molecule has 3 nitrogen and oxygen atoms in total. The largest absolute Gasteiger partial charge is 0.488 e. The van der Waals surface area contributed by atoms with Crippen molar-refractivity contribution >= 4 is 0 Å². The topological polar surface area (TPSA) is 41.5 Å². The van der Waals surface area contributed by atoms with E-state index in [2.05, 4.69) is 18.3 Å². The Balaban J connectivity index is 1.52. The van der Waals surface area contributed by atoms with Gasteiger partial charge in [0.15, 0.2) is 0 Å². The predicted octanol–water partition coefficient (Wildman–Crippen LogP) is 3.83. The summed E-state index contributed by atoms with van der Waals surface area (Å²) in [5.74, 6) is 1.68. The maximum atomic E-state index is 10.7. The first-order valence-corrected chi connectivity index (χ1v) is 9.37. The molecule has 0 aromatic heterocycles. The summed E-state index contributed by atoms with van der Waals surface area (Å²) in [6.45, 7) is 3.12. The van der Waals surface area contributed by atoms with Crippen molar-refractivity contribution in [3.8, 4) is 5.75 Å². The molecule has 0 radical (unpaired) electrons. The minimum absolute atomic E-state index is 0.0885. The van der Waals surface area contributed by atoms with Crippen molar-refractivity contribution in [1.29, 1.82) is 0 Å². The van der Waals surface area contributed by atoms with Crippen LogP contribution >= 0.6 is 0 Å². The Morgan fingerprint density at radius 1 is 1.09 bits per heavy atom. The molecule has 128 valence electrons. The van der Waals surface area contributed by atoms with Crippen LogP contribution in [0.4, 0.5) is 0 Å². The summed E-state index contributed by atoms with van der Waals surface area (Å²) in [6, 6.07) is 8.29. The summed E-state index contributed by atoms with van der Waals surface area (Å²) in [5.41, 5.74) is 1.19. The van der Waals surface area contributed by atoms with Crippen LogP contribution in [0.3, 0.4) is 0 Å². The van der Waals surface area contributed by atoms with Crippen LogP contribution in [0, 0.1) is 12.8 Å². The average Bonchev–Trinajstić information content (AvgIpc) is 2.57. The zero-order chi connectivity index (χ0) is 16.1. The summed E-state index contributed by atoms with van der Waals surface area (Å²) in [5, 5.41) is 14.3. The number of benzene rings is 1. The highest BCUT2D eigenvalue weighted by molar-refractivity contribution is 5.27. The molecule has 0 unspecified atom stereocenters. The van der Waals surface area contributed by atoms with Gasteiger partial charge in [-0.25, -0.2) is 0 Å². The van der Waals surface area contributed by atoms with E-state index in [1.807, 2.05) is 18.2 Å². The molecule has 0 spiro atoms. The molecule has 2 N–H and O–H groups in total. The molecule has 3 heteroatoms. The summed E-state index contributed by atoms with van der Waals surface area (Å²) >= 11 is 0. The van der Waals surface area contributed by atoms with Crippen LogP contribution in [0.5, 0.6) is 5.75 Å². The van der Waals surface area contributed by atoms with Crippen LogP contribution < -0.4 is 10.1 Å². The maximum absolute atomic E-state index is 10.7. The first kappa shape index (κ1) is 16.8. The Hall–Kier alpha value is -1.06. The van der Waals surface area contributed by atoms with Crippen molar-refractivity contribution in [2.24, 2.45) is 5.92 Å². The van der Waals surface area contributed by atoms with Gasteiger partial charge in [-0.05, 0) is 69.2 Å². The van der Waals surface area contributed by atoms with Crippen LogP contribution in [0.25, 0.3) is 0 Å². The van der Waals surface area contributed by atoms with Gasteiger partial charge in [-0.15, -0.1) is 0 Å². The normalized spacial score (nSPS) is 29.4. The number of ether oxygens (including phenoxy) is 1. The van der Waals surface area contributed by atoms with Crippen molar-refractivity contribution < 1.29 is 9.84 Å². The van der Waals surface area contributed by atoms with E-state index in [-0.39, 0.29) is 12.1 Å². The molecular weight excluding hydrogens is 286 g/mol. The third kappa shape index (κ3) is 4.71. The first-order valence-electron chi connectivity index (χ1n) is 9.37. The Bertz CT molecular complexity index is 484. The van der Waals surface area contributed by atoms with Gasteiger partial charge in [-0.1, -0.05) is 31.4 Å². The number of hydrogen-bond acceptors (Lipinski definition) is 3. The second-order valence-corrected chi connectivity index (χ2v) is 7.41. The Kier molecular flexibility index (Phi) is 5.96. The van der Waals surface area contributed by atoms with Gasteiger partial charge in [-0.3, -0.25) is 0 Å².